The maximum atomic E-state index is 15.0. The molecule has 3 heterocycles. The standard InChI is InChI=1S/C18H20FN3O4.Na/c1-10-9-26-17-14-11(16(23)12(18(24)25)8-22(10)14)7-13(19)15(17)21-5-3-20(2)4-6-21;/h7-8,10H,3-6,9H2,1-2H3,(H,24,25);/q;+1/p-1/t10-;/m0./s1. The molecule has 2 aliphatic heterocycles. The zero-order valence-electron chi connectivity index (χ0n) is 15.6. The molecule has 0 unspecified atom stereocenters. The number of ether oxygens (including phenoxy) is 1. The summed E-state index contributed by atoms with van der Waals surface area (Å²) in [6, 6.07) is 0.939. The molecular formula is C18H19FN3NaO4. The number of aromatic nitrogens is 1. The molecule has 9 heteroatoms. The van der Waals surface area contributed by atoms with Crippen molar-refractivity contribution < 1.29 is 48.6 Å². The maximum Gasteiger partial charge on any atom is 1.00 e. The van der Waals surface area contributed by atoms with Crippen molar-refractivity contribution in [1.82, 2.24) is 9.47 Å². The number of carboxylic acid groups (broad SMARTS) is 1. The van der Waals surface area contributed by atoms with Crippen LogP contribution in [0.5, 0.6) is 5.75 Å². The number of aromatic carboxylic acids is 1. The van der Waals surface area contributed by atoms with Crippen molar-refractivity contribution in [3.63, 3.8) is 0 Å². The molecule has 0 N–H and O–H groups in total. The van der Waals surface area contributed by atoms with Crippen LogP contribution < -0.4 is 49.7 Å². The van der Waals surface area contributed by atoms with E-state index in [-0.39, 0.29) is 47.6 Å². The Kier molecular flexibility index (Phi) is 5.54. The fourth-order valence-corrected chi connectivity index (χ4v) is 3.68. The number of halogens is 1. The molecule has 2 aromatic rings. The van der Waals surface area contributed by atoms with Gasteiger partial charge in [0.25, 0.3) is 0 Å². The minimum atomic E-state index is -1.57. The fraction of sp³-hybridized carbons (Fsp3) is 0.444. The van der Waals surface area contributed by atoms with E-state index < -0.39 is 22.8 Å². The normalized spacial score (nSPS) is 19.5. The van der Waals surface area contributed by atoms with Crippen LogP contribution in [0.4, 0.5) is 10.1 Å². The molecule has 2 aliphatic rings. The second-order valence-corrected chi connectivity index (χ2v) is 6.95. The van der Waals surface area contributed by atoms with Gasteiger partial charge in [-0.25, -0.2) is 4.39 Å². The summed E-state index contributed by atoms with van der Waals surface area (Å²) in [5, 5.41) is 11.3. The third-order valence-electron chi connectivity index (χ3n) is 5.18. The van der Waals surface area contributed by atoms with Gasteiger partial charge in [0.1, 0.15) is 12.3 Å². The summed E-state index contributed by atoms with van der Waals surface area (Å²) >= 11 is 0. The van der Waals surface area contributed by atoms with Crippen molar-refractivity contribution in [3.05, 3.63) is 33.9 Å². The predicted molar refractivity (Wildman–Crippen MR) is 92.4 cm³/mol. The molecule has 0 saturated carbocycles. The Morgan fingerprint density at radius 1 is 1.30 bits per heavy atom. The van der Waals surface area contributed by atoms with Gasteiger partial charge < -0.3 is 29.0 Å². The van der Waals surface area contributed by atoms with E-state index in [1.807, 2.05) is 18.9 Å². The third-order valence-corrected chi connectivity index (χ3v) is 5.18. The molecular weight excluding hydrogens is 364 g/mol. The van der Waals surface area contributed by atoms with Crippen LogP contribution in [-0.2, 0) is 0 Å². The third kappa shape index (κ3) is 3.24. The number of hydrogen-bond acceptors (Lipinski definition) is 6. The number of carboxylic acids is 1. The van der Waals surface area contributed by atoms with Gasteiger partial charge in [-0.2, -0.15) is 0 Å². The molecule has 0 aliphatic carbocycles. The maximum absolute atomic E-state index is 15.0. The quantitative estimate of drug-likeness (QED) is 0.522. The molecule has 0 amide bonds. The van der Waals surface area contributed by atoms with Crippen molar-refractivity contribution in [1.29, 1.82) is 0 Å². The van der Waals surface area contributed by atoms with E-state index in [1.54, 1.807) is 4.57 Å². The molecule has 1 atom stereocenters. The molecule has 0 bridgehead atoms. The first-order chi connectivity index (χ1) is 12.4. The minimum Gasteiger partial charge on any atom is -0.545 e. The zero-order chi connectivity index (χ0) is 18.6. The molecule has 0 spiro atoms. The van der Waals surface area contributed by atoms with Crippen molar-refractivity contribution in [2.75, 3.05) is 44.7 Å². The van der Waals surface area contributed by atoms with E-state index >= 15 is 0 Å². The number of hydrogen-bond donors (Lipinski definition) is 0. The van der Waals surface area contributed by atoms with E-state index in [9.17, 15) is 19.1 Å². The fourth-order valence-electron chi connectivity index (χ4n) is 3.68. The monoisotopic (exact) mass is 383 g/mol. The van der Waals surface area contributed by atoms with Gasteiger partial charge in [-0.3, -0.25) is 4.79 Å². The van der Waals surface area contributed by atoms with E-state index in [0.29, 0.717) is 30.0 Å². The molecule has 1 aromatic carbocycles. The van der Waals surface area contributed by atoms with Gasteiger partial charge in [0.05, 0.1) is 28.5 Å². The Hall–Kier alpha value is -1.61. The van der Waals surface area contributed by atoms with Crippen LogP contribution in [0, 0.1) is 5.82 Å². The average molecular weight is 383 g/mol. The van der Waals surface area contributed by atoms with Gasteiger partial charge in [-0.15, -0.1) is 0 Å². The van der Waals surface area contributed by atoms with Crippen molar-refractivity contribution in [2.24, 2.45) is 0 Å². The number of benzene rings is 1. The Morgan fingerprint density at radius 3 is 2.59 bits per heavy atom. The Balaban J connectivity index is 0.00000210. The topological polar surface area (TPSA) is 77.8 Å². The summed E-state index contributed by atoms with van der Waals surface area (Å²) in [4.78, 5) is 27.9. The number of piperazine rings is 1. The van der Waals surface area contributed by atoms with Gasteiger partial charge >= 0.3 is 29.6 Å². The first-order valence-electron chi connectivity index (χ1n) is 8.57. The van der Waals surface area contributed by atoms with Crippen LogP contribution in [0.2, 0.25) is 0 Å². The Bertz CT molecular complexity index is 969. The van der Waals surface area contributed by atoms with Crippen molar-refractivity contribution >= 4 is 22.6 Å². The predicted octanol–water partition coefficient (Wildman–Crippen LogP) is -2.79. The molecule has 138 valence electrons. The van der Waals surface area contributed by atoms with Crippen molar-refractivity contribution in [2.45, 2.75) is 13.0 Å². The van der Waals surface area contributed by atoms with Crippen LogP contribution in [0.15, 0.2) is 17.1 Å². The molecule has 27 heavy (non-hydrogen) atoms. The van der Waals surface area contributed by atoms with Crippen LogP contribution in [0.25, 0.3) is 10.9 Å². The summed E-state index contributed by atoms with van der Waals surface area (Å²) in [6.45, 7) is 5.00. The van der Waals surface area contributed by atoms with E-state index in [4.69, 9.17) is 4.74 Å². The SMILES string of the molecule is C[C@H]1COc2c(N3CCN(C)CC3)c(F)cc3c(=O)c(C(=O)[O-])cn1c23.[Na+]. The van der Waals surface area contributed by atoms with E-state index in [0.717, 1.165) is 19.2 Å². The Morgan fingerprint density at radius 2 is 1.96 bits per heavy atom. The second kappa shape index (κ2) is 7.43. The summed E-state index contributed by atoms with van der Waals surface area (Å²) < 4.78 is 22.5. The summed E-state index contributed by atoms with van der Waals surface area (Å²) in [5.74, 6) is -1.83. The number of pyridine rings is 1. The molecule has 1 fully saturated rings. The number of carbonyl (C=O) groups is 1. The number of likely N-dealkylation sites (N-methyl/N-ethyl adjacent to an activating group) is 1. The summed E-state index contributed by atoms with van der Waals surface area (Å²) in [7, 11) is 2.01. The van der Waals surface area contributed by atoms with Gasteiger partial charge in [0.2, 0.25) is 0 Å². The summed E-state index contributed by atoms with van der Waals surface area (Å²) in [6.07, 6.45) is 1.28. The van der Waals surface area contributed by atoms with Gasteiger partial charge in [-0.05, 0) is 20.0 Å². The second-order valence-electron chi connectivity index (χ2n) is 6.95. The van der Waals surface area contributed by atoms with Crippen LogP contribution in [-0.4, -0.2) is 55.3 Å². The summed E-state index contributed by atoms with van der Waals surface area (Å²) in [5.41, 5.74) is -0.441. The molecule has 4 rings (SSSR count). The Labute approximate surface area is 177 Å². The first kappa shape index (κ1) is 20.1. The molecule has 7 nitrogen and oxygen atoms in total. The minimum absolute atomic E-state index is 0. The van der Waals surface area contributed by atoms with E-state index in [1.165, 1.54) is 6.20 Å². The van der Waals surface area contributed by atoms with Gasteiger partial charge in [0.15, 0.2) is 17.0 Å². The zero-order valence-corrected chi connectivity index (χ0v) is 17.6. The first-order valence-corrected chi connectivity index (χ1v) is 8.57. The molecule has 0 radical (unpaired) electrons. The number of nitrogens with zero attached hydrogens (tertiary/aromatic N) is 3. The van der Waals surface area contributed by atoms with Crippen LogP contribution in [0.3, 0.4) is 0 Å². The number of anilines is 1. The largest absolute Gasteiger partial charge is 1.00 e. The average Bonchev–Trinajstić information content (AvgIpc) is 2.60. The van der Waals surface area contributed by atoms with Gasteiger partial charge in [-0.1, -0.05) is 0 Å². The smallest absolute Gasteiger partial charge is 0.545 e. The molecule has 1 aromatic heterocycles. The number of carbonyl (C=O) groups excluding carboxylic acids is 1. The van der Waals surface area contributed by atoms with Gasteiger partial charge in [0, 0.05) is 32.4 Å². The van der Waals surface area contributed by atoms with Crippen LogP contribution >= 0.6 is 0 Å². The number of rotatable bonds is 2. The van der Waals surface area contributed by atoms with Crippen LogP contribution in [0.1, 0.15) is 23.3 Å². The van der Waals surface area contributed by atoms with Crippen molar-refractivity contribution in [3.8, 4) is 5.75 Å². The van der Waals surface area contributed by atoms with E-state index in [2.05, 4.69) is 4.90 Å². The molecule has 1 saturated heterocycles.